The number of alkyl halides is 3. The Morgan fingerprint density at radius 3 is 2.59 bits per heavy atom. The summed E-state index contributed by atoms with van der Waals surface area (Å²) in [5, 5.41) is 0. The number of anilines is 1. The van der Waals surface area contributed by atoms with Crippen LogP contribution < -0.4 is 4.90 Å². The molecular formula is C11H10F3NO2. The summed E-state index contributed by atoms with van der Waals surface area (Å²) in [5.74, 6) is 0. The minimum absolute atomic E-state index is 0.203. The van der Waals surface area contributed by atoms with Crippen molar-refractivity contribution in [3.05, 3.63) is 29.3 Å². The van der Waals surface area contributed by atoms with Crippen LogP contribution in [0.1, 0.15) is 11.1 Å². The van der Waals surface area contributed by atoms with Gasteiger partial charge in [-0.1, -0.05) is 6.07 Å². The zero-order valence-electron chi connectivity index (χ0n) is 9.04. The molecule has 0 unspecified atom stereocenters. The van der Waals surface area contributed by atoms with Crippen LogP contribution in [0.3, 0.4) is 0 Å². The van der Waals surface area contributed by atoms with E-state index in [1.165, 1.54) is 11.0 Å². The van der Waals surface area contributed by atoms with Crippen LogP contribution in [0.5, 0.6) is 0 Å². The molecule has 0 radical (unpaired) electrons. The van der Waals surface area contributed by atoms with E-state index in [-0.39, 0.29) is 18.8 Å². The van der Waals surface area contributed by atoms with Gasteiger partial charge in [0.05, 0.1) is 17.8 Å². The van der Waals surface area contributed by atoms with Gasteiger partial charge >= 0.3 is 12.3 Å². The van der Waals surface area contributed by atoms with Crippen molar-refractivity contribution in [2.24, 2.45) is 0 Å². The van der Waals surface area contributed by atoms with E-state index in [0.717, 1.165) is 12.1 Å². The van der Waals surface area contributed by atoms with Crippen LogP contribution in [0.15, 0.2) is 18.2 Å². The quantitative estimate of drug-likeness (QED) is 0.761. The second kappa shape index (κ2) is 3.94. The molecule has 17 heavy (non-hydrogen) atoms. The average Bonchev–Trinajstić information content (AvgIpc) is 2.63. The first kappa shape index (κ1) is 11.8. The minimum Gasteiger partial charge on any atom is -0.447 e. The maximum Gasteiger partial charge on any atom is 0.416 e. The fourth-order valence-corrected chi connectivity index (χ4v) is 1.69. The molecule has 6 heteroatoms. The molecule has 1 aliphatic rings. The highest BCUT2D eigenvalue weighted by Gasteiger charge is 2.33. The van der Waals surface area contributed by atoms with Gasteiger partial charge in [0.1, 0.15) is 6.61 Å². The zero-order valence-corrected chi connectivity index (χ0v) is 9.04. The summed E-state index contributed by atoms with van der Waals surface area (Å²) >= 11 is 0. The molecule has 0 spiro atoms. The first-order valence-corrected chi connectivity index (χ1v) is 5.02. The van der Waals surface area contributed by atoms with Crippen LogP contribution in [0.2, 0.25) is 0 Å². The standard InChI is InChI=1S/C11H10F3NO2/c1-7-2-3-8(11(12,13)14)6-9(7)15-4-5-17-10(15)16/h2-3,6H,4-5H2,1H3. The van der Waals surface area contributed by atoms with Crippen LogP contribution >= 0.6 is 0 Å². The number of cyclic esters (lactones) is 1. The van der Waals surface area contributed by atoms with Crippen molar-refractivity contribution in [2.45, 2.75) is 13.1 Å². The normalized spacial score (nSPS) is 16.2. The number of aryl methyl sites for hydroxylation is 1. The summed E-state index contributed by atoms with van der Waals surface area (Å²) in [4.78, 5) is 12.5. The summed E-state index contributed by atoms with van der Waals surface area (Å²) in [5.41, 5.74) is 0.0944. The Morgan fingerprint density at radius 1 is 1.35 bits per heavy atom. The average molecular weight is 245 g/mol. The van der Waals surface area contributed by atoms with Gasteiger partial charge in [-0.25, -0.2) is 4.79 Å². The van der Waals surface area contributed by atoms with Gasteiger partial charge in [0.2, 0.25) is 0 Å². The second-order valence-electron chi connectivity index (χ2n) is 3.77. The number of carbonyl (C=O) groups excluding carboxylic acids is 1. The molecule has 0 atom stereocenters. The maximum absolute atomic E-state index is 12.5. The number of nitrogens with zero attached hydrogens (tertiary/aromatic N) is 1. The first-order valence-electron chi connectivity index (χ1n) is 5.02. The Morgan fingerprint density at radius 2 is 2.06 bits per heavy atom. The van der Waals surface area contributed by atoms with Gasteiger partial charge in [-0.05, 0) is 24.6 Å². The molecule has 1 heterocycles. The molecule has 0 aromatic heterocycles. The highest BCUT2D eigenvalue weighted by Crippen LogP contribution is 2.33. The molecule has 1 fully saturated rings. The Labute approximate surface area is 95.8 Å². The van der Waals surface area contributed by atoms with E-state index in [9.17, 15) is 18.0 Å². The van der Waals surface area contributed by atoms with Gasteiger partial charge in [-0.3, -0.25) is 4.90 Å². The van der Waals surface area contributed by atoms with Crippen molar-refractivity contribution in [1.29, 1.82) is 0 Å². The summed E-state index contributed by atoms with van der Waals surface area (Å²) in [6.45, 7) is 2.14. The molecule has 1 saturated heterocycles. The van der Waals surface area contributed by atoms with Gasteiger partial charge in [0.25, 0.3) is 0 Å². The minimum atomic E-state index is -4.41. The third-order valence-corrected chi connectivity index (χ3v) is 2.59. The number of hydrogen-bond donors (Lipinski definition) is 0. The largest absolute Gasteiger partial charge is 0.447 e. The van der Waals surface area contributed by atoms with Crippen LogP contribution in [0.4, 0.5) is 23.7 Å². The van der Waals surface area contributed by atoms with E-state index in [4.69, 9.17) is 4.74 Å². The number of amides is 1. The van der Waals surface area contributed by atoms with E-state index in [1.807, 2.05) is 0 Å². The van der Waals surface area contributed by atoms with Gasteiger partial charge in [0.15, 0.2) is 0 Å². The molecule has 3 nitrogen and oxygen atoms in total. The third kappa shape index (κ3) is 2.20. The number of hydrogen-bond acceptors (Lipinski definition) is 2. The lowest BCUT2D eigenvalue weighted by molar-refractivity contribution is -0.137. The summed E-state index contributed by atoms with van der Waals surface area (Å²) in [6, 6.07) is 3.33. The van der Waals surface area contributed by atoms with Crippen molar-refractivity contribution in [3.63, 3.8) is 0 Å². The second-order valence-corrected chi connectivity index (χ2v) is 3.77. The fourth-order valence-electron chi connectivity index (χ4n) is 1.69. The van der Waals surface area contributed by atoms with E-state index < -0.39 is 17.8 Å². The highest BCUT2D eigenvalue weighted by molar-refractivity contribution is 5.90. The van der Waals surface area contributed by atoms with E-state index in [2.05, 4.69) is 0 Å². The van der Waals surface area contributed by atoms with Gasteiger partial charge in [-0.2, -0.15) is 13.2 Å². The maximum atomic E-state index is 12.5. The highest BCUT2D eigenvalue weighted by atomic mass is 19.4. The molecule has 0 aliphatic carbocycles. The summed E-state index contributed by atoms with van der Waals surface area (Å²) in [6.07, 6.45) is -5.01. The molecular weight excluding hydrogens is 235 g/mol. The third-order valence-electron chi connectivity index (χ3n) is 2.59. The van der Waals surface area contributed by atoms with E-state index in [0.29, 0.717) is 5.56 Å². The number of benzene rings is 1. The molecule has 2 rings (SSSR count). The smallest absolute Gasteiger partial charge is 0.416 e. The Kier molecular flexibility index (Phi) is 2.73. The van der Waals surface area contributed by atoms with Crippen LogP contribution in [0, 0.1) is 6.92 Å². The Bertz CT molecular complexity index is 457. The van der Waals surface area contributed by atoms with Crippen LogP contribution in [-0.4, -0.2) is 19.2 Å². The van der Waals surface area contributed by atoms with Crippen molar-refractivity contribution in [1.82, 2.24) is 0 Å². The van der Waals surface area contributed by atoms with Crippen molar-refractivity contribution in [2.75, 3.05) is 18.1 Å². The van der Waals surface area contributed by atoms with Crippen molar-refractivity contribution < 1.29 is 22.7 Å². The molecule has 0 bridgehead atoms. The lowest BCUT2D eigenvalue weighted by Crippen LogP contribution is -2.24. The van der Waals surface area contributed by atoms with Gasteiger partial charge in [-0.15, -0.1) is 0 Å². The van der Waals surface area contributed by atoms with E-state index in [1.54, 1.807) is 6.92 Å². The predicted octanol–water partition coefficient (Wildman–Crippen LogP) is 2.97. The zero-order chi connectivity index (χ0) is 12.6. The molecule has 0 N–H and O–H groups in total. The number of ether oxygens (including phenoxy) is 1. The lowest BCUT2D eigenvalue weighted by atomic mass is 10.1. The first-order chi connectivity index (χ1) is 7.89. The summed E-state index contributed by atoms with van der Waals surface area (Å²) < 4.78 is 42.4. The Hall–Kier alpha value is -1.72. The SMILES string of the molecule is Cc1ccc(C(F)(F)F)cc1N1CCOC1=O. The number of rotatable bonds is 1. The van der Waals surface area contributed by atoms with Crippen molar-refractivity contribution in [3.8, 4) is 0 Å². The number of halogens is 3. The Balaban J connectivity index is 2.42. The van der Waals surface area contributed by atoms with Crippen LogP contribution in [0.25, 0.3) is 0 Å². The lowest BCUT2D eigenvalue weighted by Gasteiger charge is -2.17. The molecule has 1 aromatic carbocycles. The fraction of sp³-hybridized carbons (Fsp3) is 0.364. The van der Waals surface area contributed by atoms with E-state index >= 15 is 0 Å². The monoisotopic (exact) mass is 245 g/mol. The molecule has 92 valence electrons. The molecule has 1 amide bonds. The predicted molar refractivity (Wildman–Crippen MR) is 54.9 cm³/mol. The van der Waals surface area contributed by atoms with Crippen molar-refractivity contribution >= 4 is 11.8 Å². The molecule has 1 aliphatic heterocycles. The van der Waals surface area contributed by atoms with Gasteiger partial charge < -0.3 is 4.74 Å². The summed E-state index contributed by atoms with van der Waals surface area (Å²) in [7, 11) is 0. The topological polar surface area (TPSA) is 29.5 Å². The van der Waals surface area contributed by atoms with Crippen LogP contribution in [-0.2, 0) is 10.9 Å². The molecule has 0 saturated carbocycles. The van der Waals surface area contributed by atoms with Gasteiger partial charge in [0, 0.05) is 0 Å². The number of carbonyl (C=O) groups is 1. The molecule has 1 aromatic rings.